The number of hydrogen-bond donors (Lipinski definition) is 1. The lowest BCUT2D eigenvalue weighted by atomic mass is 9.49. The van der Waals surface area contributed by atoms with E-state index in [2.05, 4.69) is 6.92 Å². The molecule has 8 unspecified atom stereocenters. The van der Waals surface area contributed by atoms with Crippen molar-refractivity contribution in [2.24, 2.45) is 46.8 Å². The molecule has 1 N–H and O–H groups in total. The molecule has 0 aromatic carbocycles. The van der Waals surface area contributed by atoms with Crippen LogP contribution < -0.4 is 0 Å². The first-order valence-electron chi connectivity index (χ1n) is 11.4. The Morgan fingerprint density at radius 1 is 1.07 bits per heavy atom. The summed E-state index contributed by atoms with van der Waals surface area (Å²) in [7, 11) is -1.96. The van der Waals surface area contributed by atoms with E-state index in [0.717, 1.165) is 55.5 Å². The van der Waals surface area contributed by atoms with Crippen molar-refractivity contribution in [3.63, 3.8) is 0 Å². The molecule has 4 aliphatic carbocycles. The minimum Gasteiger partial charge on any atom is -0.384 e. The molecule has 5 nitrogen and oxygen atoms in total. The monoisotopic (exact) mass is 444 g/mol. The summed E-state index contributed by atoms with van der Waals surface area (Å²) in [6, 6.07) is 0. The predicted octanol–water partition coefficient (Wildman–Crippen LogP) is 4.62. The Bertz CT molecular complexity index is 723. The van der Waals surface area contributed by atoms with E-state index in [1.165, 1.54) is 38.5 Å². The number of hydrogen-bond acceptors (Lipinski definition) is 5. The number of Topliss-reactive ketones (excluding diaryl/α,β-unsaturated/α-hetero) is 1. The van der Waals surface area contributed by atoms with Gasteiger partial charge in [-0.15, -0.1) is 0 Å². The summed E-state index contributed by atoms with van der Waals surface area (Å²) in [5, 5.41) is 0. The zero-order valence-corrected chi connectivity index (χ0v) is 19.3. The first-order chi connectivity index (χ1) is 13.7. The van der Waals surface area contributed by atoms with Gasteiger partial charge in [-0.25, -0.2) is 0 Å². The first kappa shape index (κ1) is 22.1. The Labute approximate surface area is 179 Å². The highest BCUT2D eigenvalue weighted by molar-refractivity contribution is 8.70. The number of carbonyl (C=O) groups excluding carboxylic acids is 1. The number of carbonyl (C=O) groups is 1. The van der Waals surface area contributed by atoms with Crippen LogP contribution in [0.5, 0.6) is 0 Å². The van der Waals surface area contributed by atoms with Crippen molar-refractivity contribution in [2.45, 2.75) is 64.7 Å². The van der Waals surface area contributed by atoms with Crippen molar-refractivity contribution in [1.82, 2.24) is 0 Å². The zero-order chi connectivity index (χ0) is 20.8. The van der Waals surface area contributed by atoms with Crippen molar-refractivity contribution < 1.29 is 22.5 Å². The summed E-state index contributed by atoms with van der Waals surface area (Å²) in [5.74, 6) is 4.46. The van der Waals surface area contributed by atoms with Gasteiger partial charge < -0.3 is 4.74 Å². The fraction of sp³-hybridized carbons (Fsp3) is 0.955. The largest absolute Gasteiger partial charge is 0.384 e. The van der Waals surface area contributed by atoms with Crippen molar-refractivity contribution in [3.8, 4) is 0 Å². The van der Waals surface area contributed by atoms with Gasteiger partial charge in [-0.1, -0.05) is 6.92 Å². The normalized spacial score (nSPS) is 44.6. The Balaban J connectivity index is 1.43. The summed E-state index contributed by atoms with van der Waals surface area (Å²) in [4.78, 5) is 12.8. The highest BCUT2D eigenvalue weighted by Gasteiger charge is 2.58. The molecule has 166 valence electrons. The zero-order valence-electron chi connectivity index (χ0n) is 17.7. The van der Waals surface area contributed by atoms with Gasteiger partial charge in [0.25, 0.3) is 0 Å². The number of ketones is 1. The fourth-order valence-electron chi connectivity index (χ4n) is 8.10. The van der Waals surface area contributed by atoms with E-state index in [1.807, 2.05) is 7.11 Å². The van der Waals surface area contributed by atoms with Gasteiger partial charge in [0, 0.05) is 30.4 Å². The quantitative estimate of drug-likeness (QED) is 0.475. The molecule has 8 atom stereocenters. The molecule has 0 saturated heterocycles. The summed E-state index contributed by atoms with van der Waals surface area (Å²) >= 11 is 0. The molecule has 0 amide bonds. The molecule has 0 aromatic heterocycles. The van der Waals surface area contributed by atoms with Crippen LogP contribution in [0.1, 0.15) is 64.7 Å². The number of rotatable bonds is 6. The van der Waals surface area contributed by atoms with Crippen LogP contribution in [0.3, 0.4) is 0 Å². The summed E-state index contributed by atoms with van der Waals surface area (Å²) in [5.41, 5.74) is 0.0120. The summed E-state index contributed by atoms with van der Waals surface area (Å²) < 4.78 is 36.5. The second-order valence-electron chi connectivity index (χ2n) is 10.4. The van der Waals surface area contributed by atoms with Gasteiger partial charge in [0.2, 0.25) is 0 Å². The molecule has 0 aromatic rings. The molecule has 4 saturated carbocycles. The van der Waals surface area contributed by atoms with Crippen molar-refractivity contribution in [3.05, 3.63) is 0 Å². The SMILES string of the molecule is COCC1CCC2C(CCC3C2CCC2(C)C(C(=O)CSS(=O)(=O)O)CCC32)C1. The molecular weight excluding hydrogens is 408 g/mol. The van der Waals surface area contributed by atoms with E-state index in [1.54, 1.807) is 0 Å². The third-order valence-corrected chi connectivity index (χ3v) is 11.2. The average Bonchev–Trinajstić information content (AvgIpc) is 3.03. The van der Waals surface area contributed by atoms with Crippen LogP contribution in [-0.2, 0) is 18.7 Å². The molecule has 0 heterocycles. The molecular formula is C22H36O5S2. The molecule has 4 aliphatic rings. The molecule has 29 heavy (non-hydrogen) atoms. The van der Waals surface area contributed by atoms with E-state index in [4.69, 9.17) is 9.29 Å². The van der Waals surface area contributed by atoms with Gasteiger partial charge in [-0.2, -0.15) is 8.42 Å². The highest BCUT2D eigenvalue weighted by atomic mass is 33.1. The van der Waals surface area contributed by atoms with E-state index in [9.17, 15) is 13.2 Å². The lowest BCUT2D eigenvalue weighted by molar-refractivity contribution is -0.128. The minimum atomic E-state index is -4.15. The summed E-state index contributed by atoms with van der Waals surface area (Å²) in [6.07, 6.45) is 10.9. The third-order valence-electron chi connectivity index (χ3n) is 9.20. The second kappa shape index (κ2) is 8.44. The Morgan fingerprint density at radius 3 is 2.55 bits per heavy atom. The molecule has 4 rings (SSSR count). The molecule has 0 aliphatic heterocycles. The molecule has 7 heteroatoms. The van der Waals surface area contributed by atoms with Gasteiger partial charge in [0.15, 0.2) is 0 Å². The standard InChI is InChI=1S/C22H36O5S2/c1-22-10-9-17-16-5-3-14(12-27-2)11-15(16)4-6-18(17)19(22)7-8-20(22)21(23)13-28-29(24,25)26/h14-20H,3-13H2,1-2H3,(H,24,25,26). The first-order valence-corrected chi connectivity index (χ1v) is 14.3. The lowest BCUT2D eigenvalue weighted by Gasteiger charge is -2.56. The van der Waals surface area contributed by atoms with Crippen LogP contribution in [0.4, 0.5) is 0 Å². The van der Waals surface area contributed by atoms with Gasteiger partial charge >= 0.3 is 9.15 Å². The van der Waals surface area contributed by atoms with Gasteiger partial charge in [-0.05, 0) is 98.7 Å². The van der Waals surface area contributed by atoms with Crippen LogP contribution in [0, 0.1) is 46.8 Å². The number of methoxy groups -OCH3 is 1. The van der Waals surface area contributed by atoms with E-state index in [-0.39, 0.29) is 22.9 Å². The van der Waals surface area contributed by atoms with Crippen molar-refractivity contribution >= 4 is 25.7 Å². The average molecular weight is 445 g/mol. The topological polar surface area (TPSA) is 80.7 Å². The molecule has 4 fully saturated rings. The molecule has 0 radical (unpaired) electrons. The van der Waals surface area contributed by atoms with Crippen LogP contribution >= 0.6 is 10.8 Å². The smallest absolute Gasteiger partial charge is 0.320 e. The maximum atomic E-state index is 12.8. The fourth-order valence-corrected chi connectivity index (χ4v) is 9.36. The lowest BCUT2D eigenvalue weighted by Crippen LogP contribution is -2.49. The highest BCUT2D eigenvalue weighted by Crippen LogP contribution is 2.64. The van der Waals surface area contributed by atoms with E-state index in [0.29, 0.717) is 16.7 Å². The number of ether oxygens (including phenoxy) is 1. The van der Waals surface area contributed by atoms with Gasteiger partial charge in [-0.3, -0.25) is 9.35 Å². The predicted molar refractivity (Wildman–Crippen MR) is 115 cm³/mol. The van der Waals surface area contributed by atoms with Crippen molar-refractivity contribution in [1.29, 1.82) is 0 Å². The minimum absolute atomic E-state index is 0.0120. The third kappa shape index (κ3) is 4.31. The van der Waals surface area contributed by atoms with Crippen molar-refractivity contribution in [2.75, 3.05) is 19.5 Å². The maximum Gasteiger partial charge on any atom is 0.320 e. The van der Waals surface area contributed by atoms with E-state index < -0.39 is 9.15 Å². The number of fused-ring (bicyclic) bond motifs is 5. The van der Waals surface area contributed by atoms with Gasteiger partial charge in [0.05, 0.1) is 5.75 Å². The van der Waals surface area contributed by atoms with Gasteiger partial charge in [0.1, 0.15) is 5.78 Å². The van der Waals surface area contributed by atoms with Crippen LogP contribution in [0.15, 0.2) is 0 Å². The Kier molecular flexibility index (Phi) is 6.43. The Hall–Kier alpha value is -0.110. The summed E-state index contributed by atoms with van der Waals surface area (Å²) in [6.45, 7) is 3.20. The van der Waals surface area contributed by atoms with Crippen LogP contribution in [0.25, 0.3) is 0 Å². The maximum absolute atomic E-state index is 12.8. The van der Waals surface area contributed by atoms with Crippen LogP contribution in [0.2, 0.25) is 0 Å². The molecule has 0 bridgehead atoms. The second-order valence-corrected chi connectivity index (χ2v) is 13.8. The van der Waals surface area contributed by atoms with Crippen LogP contribution in [-0.4, -0.2) is 38.2 Å². The Morgan fingerprint density at radius 2 is 1.83 bits per heavy atom. The van der Waals surface area contributed by atoms with E-state index >= 15 is 0 Å². The molecule has 0 spiro atoms.